The van der Waals surface area contributed by atoms with Crippen LogP contribution in [0.5, 0.6) is 0 Å². The normalized spacial score (nSPS) is 11.2. The lowest BCUT2D eigenvalue weighted by atomic mass is 10.1. The van der Waals surface area contributed by atoms with Gasteiger partial charge >= 0.3 is 0 Å². The number of hydrogen-bond acceptors (Lipinski definition) is 1. The molecule has 0 bridgehead atoms. The molecule has 2 nitrogen and oxygen atoms in total. The van der Waals surface area contributed by atoms with E-state index >= 15 is 0 Å². The van der Waals surface area contributed by atoms with E-state index in [0.717, 1.165) is 12.3 Å². The van der Waals surface area contributed by atoms with E-state index in [4.69, 9.17) is 15.8 Å². The van der Waals surface area contributed by atoms with Crippen LogP contribution < -0.4 is 0 Å². The molecule has 0 aliphatic heterocycles. The Balaban J connectivity index is 4.18. The van der Waals surface area contributed by atoms with Crippen molar-refractivity contribution in [2.24, 2.45) is 4.99 Å². The van der Waals surface area contributed by atoms with Crippen molar-refractivity contribution < 1.29 is 0 Å². The first kappa shape index (κ1) is 9.34. The molecule has 0 fully saturated rings. The van der Waals surface area contributed by atoms with Gasteiger partial charge in [-0.25, -0.2) is 0 Å². The van der Waals surface area contributed by atoms with Crippen LogP contribution in [0.2, 0.25) is 0 Å². The molecule has 0 aliphatic rings. The minimum Gasteiger partial charge on any atom is -0.416 e. The molecule has 4 radical (unpaired) electrons. The van der Waals surface area contributed by atoms with Crippen LogP contribution in [0.4, 0.5) is 0 Å². The average Bonchev–Trinajstić information content (AvgIpc) is 1.81. The third-order valence-corrected chi connectivity index (χ3v) is 0.996. The van der Waals surface area contributed by atoms with Gasteiger partial charge in [0.25, 0.3) is 0 Å². The summed E-state index contributed by atoms with van der Waals surface area (Å²) in [5.41, 5.74) is 0.286. The van der Waals surface area contributed by atoms with Gasteiger partial charge in [0.1, 0.15) is 7.85 Å². The highest BCUT2D eigenvalue weighted by Gasteiger charge is 1.95. The quantitative estimate of drug-likeness (QED) is 0.302. The van der Waals surface area contributed by atoms with Gasteiger partial charge in [0.05, 0.1) is 5.84 Å². The molecule has 0 aromatic carbocycles. The molecule has 0 saturated carbocycles. The lowest BCUT2D eigenvalue weighted by Gasteiger charge is -2.14. The summed E-state index contributed by atoms with van der Waals surface area (Å²) in [6, 6.07) is 0. The standard InChI is InChI=1S/C6H10B2N2/c1-4-6(10(3)8)9-5(2)7/h2,4H2,1,3H3. The van der Waals surface area contributed by atoms with E-state index in [2.05, 4.69) is 11.6 Å². The Morgan fingerprint density at radius 3 is 2.30 bits per heavy atom. The zero-order valence-electron chi connectivity index (χ0n) is 6.46. The minimum absolute atomic E-state index is 0.286. The fourth-order valence-electron chi connectivity index (χ4n) is 0.573. The molecule has 50 valence electrons. The molecular weight excluding hydrogens is 122 g/mol. The van der Waals surface area contributed by atoms with Crippen molar-refractivity contribution >= 4 is 21.7 Å². The van der Waals surface area contributed by atoms with Gasteiger partial charge in [-0.3, -0.25) is 4.99 Å². The van der Waals surface area contributed by atoms with Crippen molar-refractivity contribution in [3.8, 4) is 0 Å². The van der Waals surface area contributed by atoms with Crippen LogP contribution in [0.15, 0.2) is 17.2 Å². The lowest BCUT2D eigenvalue weighted by Crippen LogP contribution is -2.22. The molecule has 0 aromatic heterocycles. The first-order valence-electron chi connectivity index (χ1n) is 3.08. The zero-order chi connectivity index (χ0) is 8.15. The highest BCUT2D eigenvalue weighted by molar-refractivity contribution is 6.22. The highest BCUT2D eigenvalue weighted by atomic mass is 15.1. The molecule has 0 unspecified atom stereocenters. The molecule has 10 heavy (non-hydrogen) atoms. The second-order valence-corrected chi connectivity index (χ2v) is 1.98. The topological polar surface area (TPSA) is 15.6 Å². The van der Waals surface area contributed by atoms with Crippen LogP contribution >= 0.6 is 0 Å². The highest BCUT2D eigenvalue weighted by Crippen LogP contribution is 1.93. The maximum Gasteiger partial charge on any atom is 0.227 e. The first-order chi connectivity index (χ1) is 4.57. The molecule has 0 aliphatic carbocycles. The summed E-state index contributed by atoms with van der Waals surface area (Å²) >= 11 is 0. The van der Waals surface area contributed by atoms with Gasteiger partial charge in [0.2, 0.25) is 7.98 Å². The fraction of sp³-hybridized carbons (Fsp3) is 0.500. The smallest absolute Gasteiger partial charge is 0.227 e. The molecule has 0 aromatic rings. The van der Waals surface area contributed by atoms with Gasteiger partial charge < -0.3 is 4.81 Å². The number of nitrogens with zero attached hydrogens (tertiary/aromatic N) is 2. The van der Waals surface area contributed by atoms with Crippen LogP contribution in [-0.2, 0) is 0 Å². The van der Waals surface area contributed by atoms with E-state index in [9.17, 15) is 0 Å². The Bertz CT molecular complexity index is 152. The van der Waals surface area contributed by atoms with Crippen molar-refractivity contribution in [1.29, 1.82) is 0 Å². The Hall–Kier alpha value is -0.660. The molecule has 0 rings (SSSR count). The van der Waals surface area contributed by atoms with E-state index in [1.807, 2.05) is 6.92 Å². The van der Waals surface area contributed by atoms with Gasteiger partial charge in [-0.15, -0.1) is 0 Å². The lowest BCUT2D eigenvalue weighted by molar-refractivity contribution is 0.788. The van der Waals surface area contributed by atoms with Gasteiger partial charge in [0.15, 0.2) is 0 Å². The van der Waals surface area contributed by atoms with Crippen molar-refractivity contribution in [2.45, 2.75) is 13.3 Å². The Morgan fingerprint density at radius 1 is 1.70 bits per heavy atom. The second-order valence-electron chi connectivity index (χ2n) is 1.98. The molecule has 0 amide bonds. The average molecular weight is 132 g/mol. The SMILES string of the molecule is [B]C(=C)N=C(CC)N([B])C. The maximum atomic E-state index is 5.40. The molecular formula is C6H10B2N2. The van der Waals surface area contributed by atoms with E-state index in [0.29, 0.717) is 0 Å². The summed E-state index contributed by atoms with van der Waals surface area (Å²) in [7, 11) is 12.4. The Morgan fingerprint density at radius 2 is 2.20 bits per heavy atom. The molecule has 0 spiro atoms. The third-order valence-electron chi connectivity index (χ3n) is 0.996. The van der Waals surface area contributed by atoms with E-state index in [1.165, 1.54) is 4.81 Å². The largest absolute Gasteiger partial charge is 0.416 e. The monoisotopic (exact) mass is 132 g/mol. The molecule has 0 atom stereocenters. The Kier molecular flexibility index (Phi) is 3.93. The van der Waals surface area contributed by atoms with Crippen molar-refractivity contribution in [3.05, 3.63) is 12.2 Å². The van der Waals surface area contributed by atoms with E-state index in [1.54, 1.807) is 7.05 Å². The van der Waals surface area contributed by atoms with Crippen LogP contribution in [0.25, 0.3) is 0 Å². The fourth-order valence-corrected chi connectivity index (χ4v) is 0.573. The predicted molar refractivity (Wildman–Crippen MR) is 46.1 cm³/mol. The van der Waals surface area contributed by atoms with Crippen molar-refractivity contribution in [1.82, 2.24) is 4.81 Å². The summed E-state index contributed by atoms with van der Waals surface area (Å²) in [4.78, 5) is 5.32. The second kappa shape index (κ2) is 4.20. The first-order valence-corrected chi connectivity index (χ1v) is 3.08. The van der Waals surface area contributed by atoms with Crippen LogP contribution in [0.3, 0.4) is 0 Å². The predicted octanol–water partition coefficient (Wildman–Crippen LogP) is 0.450. The maximum absolute atomic E-state index is 5.40. The number of rotatable bonds is 2. The molecule has 0 N–H and O–H groups in total. The van der Waals surface area contributed by atoms with Gasteiger partial charge in [0, 0.05) is 6.42 Å². The van der Waals surface area contributed by atoms with Crippen molar-refractivity contribution in [3.63, 3.8) is 0 Å². The van der Waals surface area contributed by atoms with E-state index < -0.39 is 0 Å². The van der Waals surface area contributed by atoms with Gasteiger partial charge in [-0.2, -0.15) is 0 Å². The zero-order valence-corrected chi connectivity index (χ0v) is 6.46. The number of aliphatic imine (C=N–C) groups is 1. The van der Waals surface area contributed by atoms with Crippen LogP contribution in [0, 0.1) is 0 Å². The summed E-state index contributed by atoms with van der Waals surface area (Å²) in [6.07, 6.45) is 0.753. The Labute approximate surface area is 64.9 Å². The summed E-state index contributed by atoms with van der Waals surface area (Å²) < 4.78 is 0. The van der Waals surface area contributed by atoms with Crippen LogP contribution in [-0.4, -0.2) is 33.5 Å². The number of amidine groups is 1. The minimum atomic E-state index is 0.286. The van der Waals surface area contributed by atoms with Crippen molar-refractivity contribution in [2.75, 3.05) is 7.05 Å². The molecule has 0 saturated heterocycles. The molecule has 4 heteroatoms. The van der Waals surface area contributed by atoms with E-state index in [-0.39, 0.29) is 5.60 Å². The summed E-state index contributed by atoms with van der Waals surface area (Å²) in [5, 5.41) is 0. The van der Waals surface area contributed by atoms with Crippen LogP contribution in [0.1, 0.15) is 13.3 Å². The number of hydrogen-bond donors (Lipinski definition) is 0. The van der Waals surface area contributed by atoms with Gasteiger partial charge in [-0.05, 0) is 12.6 Å². The summed E-state index contributed by atoms with van der Waals surface area (Å²) in [5.74, 6) is 0.729. The molecule has 0 heterocycles. The van der Waals surface area contributed by atoms with Gasteiger partial charge in [-0.1, -0.05) is 13.5 Å². The third kappa shape index (κ3) is 3.38. The summed E-state index contributed by atoms with van der Waals surface area (Å²) in [6.45, 7) is 5.38.